The van der Waals surface area contributed by atoms with Crippen molar-refractivity contribution in [2.45, 2.75) is 20.0 Å². The Morgan fingerprint density at radius 3 is 2.42 bits per heavy atom. The number of aromatic nitrogens is 5. The first-order chi connectivity index (χ1) is 16.0. The molecule has 11 heteroatoms. The van der Waals surface area contributed by atoms with E-state index in [2.05, 4.69) is 25.4 Å². The maximum absolute atomic E-state index is 12.8. The van der Waals surface area contributed by atoms with Gasteiger partial charge in [-0.05, 0) is 37.0 Å². The Balaban J connectivity index is 1.21. The van der Waals surface area contributed by atoms with E-state index in [4.69, 9.17) is 9.47 Å². The minimum Gasteiger partial charge on any atom is -0.470 e. The smallest absolute Gasteiger partial charge is 0.309 e. The maximum atomic E-state index is 12.8. The van der Waals surface area contributed by atoms with Crippen LogP contribution in [0, 0.1) is 24.7 Å². The standard InChI is InChI=1S/C22H22F2N6O3/c1-12-17(30(28-25-12)14-5-3-13(4-6-14)21(23)24)11-33-19-8-7-18(26-27-19)29-9-15-16(10-29)20(15)22(31)32-2/h3-8,15-16,20-21H,9-11H2,1-2H3. The second-order valence-electron chi connectivity index (χ2n) is 8.23. The third-order valence-corrected chi connectivity index (χ3v) is 6.32. The summed E-state index contributed by atoms with van der Waals surface area (Å²) in [7, 11) is 1.42. The zero-order chi connectivity index (χ0) is 23.1. The highest BCUT2D eigenvalue weighted by atomic mass is 19.3. The first-order valence-electron chi connectivity index (χ1n) is 10.5. The lowest BCUT2D eigenvalue weighted by Crippen LogP contribution is -2.27. The number of rotatable bonds is 7. The van der Waals surface area contributed by atoms with Crippen molar-refractivity contribution < 1.29 is 23.0 Å². The van der Waals surface area contributed by atoms with Gasteiger partial charge in [0.1, 0.15) is 12.3 Å². The minimum absolute atomic E-state index is 0.00934. The average molecular weight is 456 g/mol. The lowest BCUT2D eigenvalue weighted by Gasteiger charge is -2.19. The molecule has 2 aromatic heterocycles. The topological polar surface area (TPSA) is 95.3 Å². The van der Waals surface area contributed by atoms with Gasteiger partial charge in [-0.2, -0.15) is 0 Å². The number of carbonyl (C=O) groups is 1. The maximum Gasteiger partial charge on any atom is 0.309 e. The Morgan fingerprint density at radius 1 is 1.09 bits per heavy atom. The van der Waals surface area contributed by atoms with Gasteiger partial charge in [0.2, 0.25) is 5.88 Å². The summed E-state index contributed by atoms with van der Waals surface area (Å²) in [6.07, 6.45) is -2.53. The fraction of sp³-hybridized carbons (Fsp3) is 0.409. The van der Waals surface area contributed by atoms with E-state index in [9.17, 15) is 13.6 Å². The summed E-state index contributed by atoms with van der Waals surface area (Å²) >= 11 is 0. The number of halogens is 2. The Kier molecular flexibility index (Phi) is 5.39. The van der Waals surface area contributed by atoms with Crippen LogP contribution in [0.4, 0.5) is 14.6 Å². The van der Waals surface area contributed by atoms with Crippen molar-refractivity contribution >= 4 is 11.8 Å². The van der Waals surface area contributed by atoms with Gasteiger partial charge in [-0.3, -0.25) is 4.79 Å². The van der Waals surface area contributed by atoms with Crippen LogP contribution in [0.1, 0.15) is 23.4 Å². The van der Waals surface area contributed by atoms with Crippen LogP contribution in [0.5, 0.6) is 5.88 Å². The number of aryl methyl sites for hydroxylation is 1. The molecule has 2 atom stereocenters. The Bertz CT molecular complexity index is 1140. The minimum atomic E-state index is -2.53. The normalized spacial score (nSPS) is 21.2. The Morgan fingerprint density at radius 2 is 1.82 bits per heavy atom. The summed E-state index contributed by atoms with van der Waals surface area (Å²) in [4.78, 5) is 13.8. The quantitative estimate of drug-likeness (QED) is 0.501. The van der Waals surface area contributed by atoms with E-state index in [0.29, 0.717) is 34.8 Å². The molecule has 0 bridgehead atoms. The van der Waals surface area contributed by atoms with E-state index in [1.165, 1.54) is 19.2 Å². The summed E-state index contributed by atoms with van der Waals surface area (Å²) in [6, 6.07) is 9.44. The average Bonchev–Trinajstić information content (AvgIpc) is 3.14. The van der Waals surface area contributed by atoms with Crippen molar-refractivity contribution in [3.05, 3.63) is 53.3 Å². The summed E-state index contributed by atoms with van der Waals surface area (Å²) in [5.74, 6) is 1.60. The molecule has 9 nitrogen and oxygen atoms in total. The van der Waals surface area contributed by atoms with Gasteiger partial charge in [-0.1, -0.05) is 17.3 Å². The number of alkyl halides is 2. The lowest BCUT2D eigenvalue weighted by molar-refractivity contribution is -0.142. The first kappa shape index (κ1) is 21.2. The number of fused-ring (bicyclic) bond motifs is 1. The molecule has 3 aromatic rings. The zero-order valence-corrected chi connectivity index (χ0v) is 18.1. The molecule has 0 spiro atoms. The van der Waals surface area contributed by atoms with Crippen LogP contribution >= 0.6 is 0 Å². The molecule has 1 aliphatic heterocycles. The molecule has 0 amide bonds. The van der Waals surface area contributed by atoms with Crippen molar-refractivity contribution in [3.63, 3.8) is 0 Å². The van der Waals surface area contributed by atoms with Gasteiger partial charge in [-0.15, -0.1) is 15.3 Å². The van der Waals surface area contributed by atoms with Gasteiger partial charge in [0.25, 0.3) is 6.43 Å². The van der Waals surface area contributed by atoms with Crippen LogP contribution in [0.2, 0.25) is 0 Å². The molecule has 33 heavy (non-hydrogen) atoms. The van der Waals surface area contributed by atoms with Crippen LogP contribution in [0.25, 0.3) is 5.69 Å². The van der Waals surface area contributed by atoms with Gasteiger partial charge in [0, 0.05) is 24.7 Å². The van der Waals surface area contributed by atoms with E-state index in [1.807, 2.05) is 6.07 Å². The monoisotopic (exact) mass is 456 g/mol. The number of anilines is 1. The molecule has 1 aliphatic carbocycles. The molecule has 3 heterocycles. The van der Waals surface area contributed by atoms with Crippen LogP contribution in [-0.2, 0) is 16.1 Å². The predicted octanol–water partition coefficient (Wildman–Crippen LogP) is 2.74. The highest BCUT2D eigenvalue weighted by Gasteiger charge is 2.60. The third kappa shape index (κ3) is 3.98. The van der Waals surface area contributed by atoms with Gasteiger partial charge in [-0.25, -0.2) is 13.5 Å². The van der Waals surface area contributed by atoms with E-state index in [-0.39, 0.29) is 24.1 Å². The largest absolute Gasteiger partial charge is 0.470 e. The molecule has 2 fully saturated rings. The third-order valence-electron chi connectivity index (χ3n) is 6.32. The summed E-state index contributed by atoms with van der Waals surface area (Å²) in [5.41, 5.74) is 1.89. The molecule has 2 unspecified atom stereocenters. The number of piperidine rings is 1. The van der Waals surface area contributed by atoms with Gasteiger partial charge in [0.05, 0.1) is 24.4 Å². The Hall–Kier alpha value is -3.63. The van der Waals surface area contributed by atoms with Crippen LogP contribution in [-0.4, -0.2) is 51.4 Å². The molecule has 0 N–H and O–H groups in total. The summed E-state index contributed by atoms with van der Waals surface area (Å²) in [6.45, 7) is 3.45. The SMILES string of the molecule is COC(=O)C1C2CN(c3ccc(OCc4c(C)nnn4-c4ccc(C(F)F)cc4)nn3)CC21. The van der Waals surface area contributed by atoms with Crippen LogP contribution in [0.3, 0.4) is 0 Å². The van der Waals surface area contributed by atoms with Gasteiger partial charge < -0.3 is 14.4 Å². The fourth-order valence-electron chi connectivity index (χ4n) is 4.41. The fourth-order valence-corrected chi connectivity index (χ4v) is 4.41. The first-order valence-corrected chi connectivity index (χ1v) is 10.5. The molecule has 0 radical (unpaired) electrons. The molecule has 5 rings (SSSR count). The summed E-state index contributed by atoms with van der Waals surface area (Å²) in [5, 5.41) is 16.6. The number of hydrogen-bond donors (Lipinski definition) is 0. The highest BCUT2D eigenvalue weighted by molar-refractivity contribution is 5.77. The zero-order valence-electron chi connectivity index (χ0n) is 18.1. The number of nitrogens with zero attached hydrogens (tertiary/aromatic N) is 6. The lowest BCUT2D eigenvalue weighted by atomic mass is 10.2. The number of hydrogen-bond acceptors (Lipinski definition) is 8. The molecular formula is C22H22F2N6O3. The number of carbonyl (C=O) groups excluding carboxylic acids is 1. The van der Waals surface area contributed by atoms with E-state index < -0.39 is 6.43 Å². The van der Waals surface area contributed by atoms with Crippen molar-refractivity contribution in [2.75, 3.05) is 25.1 Å². The number of ether oxygens (including phenoxy) is 2. The van der Waals surface area contributed by atoms with Crippen molar-refractivity contribution in [1.29, 1.82) is 0 Å². The number of benzene rings is 1. The second-order valence-corrected chi connectivity index (χ2v) is 8.23. The van der Waals surface area contributed by atoms with Crippen LogP contribution in [0.15, 0.2) is 36.4 Å². The molecule has 172 valence electrons. The van der Waals surface area contributed by atoms with E-state index in [0.717, 1.165) is 18.9 Å². The van der Waals surface area contributed by atoms with Gasteiger partial charge in [0.15, 0.2) is 5.82 Å². The summed E-state index contributed by atoms with van der Waals surface area (Å²) < 4.78 is 37.8. The highest BCUT2D eigenvalue weighted by Crippen LogP contribution is 2.52. The molecule has 1 saturated heterocycles. The second kappa shape index (κ2) is 8.38. The van der Waals surface area contributed by atoms with Crippen molar-refractivity contribution in [3.8, 4) is 11.6 Å². The molecule has 1 aromatic carbocycles. The molecule has 1 saturated carbocycles. The van der Waals surface area contributed by atoms with Crippen molar-refractivity contribution in [1.82, 2.24) is 25.2 Å². The molecule has 2 aliphatic rings. The number of esters is 1. The predicted molar refractivity (Wildman–Crippen MR) is 112 cm³/mol. The molecular weight excluding hydrogens is 434 g/mol. The van der Waals surface area contributed by atoms with Crippen molar-refractivity contribution in [2.24, 2.45) is 17.8 Å². The van der Waals surface area contributed by atoms with Crippen LogP contribution < -0.4 is 9.64 Å². The van der Waals surface area contributed by atoms with E-state index in [1.54, 1.807) is 29.8 Å². The van der Waals surface area contributed by atoms with Gasteiger partial charge >= 0.3 is 5.97 Å². The Labute approximate surface area is 188 Å². The van der Waals surface area contributed by atoms with E-state index >= 15 is 0 Å². The number of methoxy groups -OCH3 is 1.